The number of nitrogens with one attached hydrogen (secondary N) is 8. The van der Waals surface area contributed by atoms with Crippen molar-refractivity contribution in [1.82, 2.24) is 31.9 Å². The Balaban J connectivity index is 1.96. The Kier molecular flexibility index (Phi) is 21.3. The molecule has 1 aliphatic rings. The summed E-state index contributed by atoms with van der Waals surface area (Å²) in [6.45, 7) is 1.99. The summed E-state index contributed by atoms with van der Waals surface area (Å²) in [7, 11) is 2.04. The van der Waals surface area contributed by atoms with Crippen LogP contribution in [0.2, 0.25) is 0 Å². The summed E-state index contributed by atoms with van der Waals surface area (Å²) < 4.78 is 0. The molecule has 19 N–H and O–H groups in total. The van der Waals surface area contributed by atoms with E-state index in [0.717, 1.165) is 21.6 Å². The average molecular weight is 902 g/mol. The molecule has 23 heteroatoms. The van der Waals surface area contributed by atoms with Gasteiger partial charge >= 0.3 is 17.9 Å². The van der Waals surface area contributed by atoms with Crippen LogP contribution in [0, 0.1) is 0 Å². The van der Waals surface area contributed by atoms with E-state index < -0.39 is 83.7 Å². The van der Waals surface area contributed by atoms with E-state index in [1.165, 1.54) is 6.92 Å². The van der Waals surface area contributed by atoms with Crippen molar-refractivity contribution in [2.45, 2.75) is 87.7 Å². The van der Waals surface area contributed by atoms with Gasteiger partial charge in [0.1, 0.15) is 36.3 Å². The number of guanidine groups is 2. The fourth-order valence-corrected chi connectivity index (χ4v) is 8.29. The molecule has 0 saturated carbocycles. The predicted molar refractivity (Wildman–Crippen MR) is 235 cm³/mol. The Hall–Kier alpha value is -6.07. The molecule has 62 heavy (non-hydrogen) atoms. The van der Waals surface area contributed by atoms with Crippen LogP contribution in [-0.4, -0.2) is 125 Å². The van der Waals surface area contributed by atoms with E-state index >= 15 is 0 Å². The van der Waals surface area contributed by atoms with Gasteiger partial charge in [-0.15, -0.1) is 0 Å². The van der Waals surface area contributed by atoms with Crippen molar-refractivity contribution in [3.8, 4) is 0 Å². The predicted octanol–water partition coefficient (Wildman–Crippen LogP) is -6.52. The van der Waals surface area contributed by atoms with Crippen LogP contribution in [-0.2, 0) is 46.4 Å². The van der Waals surface area contributed by atoms with Gasteiger partial charge in [-0.05, 0) is 43.7 Å². The van der Waals surface area contributed by atoms with Crippen molar-refractivity contribution < 1.29 is 48.7 Å². The Morgan fingerprint density at radius 3 is 1.73 bits per heavy atom. The number of carboxylic acids is 1. The first kappa shape index (κ1) is 50.3. The molecular formula is C39H59N13O8S2+2. The zero-order valence-electron chi connectivity index (χ0n) is 34.4. The van der Waals surface area contributed by atoms with Gasteiger partial charge in [-0.1, -0.05) is 82.3 Å². The van der Waals surface area contributed by atoms with Crippen LogP contribution in [0.3, 0.4) is 0 Å². The Morgan fingerprint density at radius 1 is 0.710 bits per heavy atom. The van der Waals surface area contributed by atoms with Crippen molar-refractivity contribution in [2.24, 2.45) is 28.7 Å². The molecule has 338 valence electrons. The highest BCUT2D eigenvalue weighted by atomic mass is 33.1. The maximum atomic E-state index is 14.2. The third-order valence-corrected chi connectivity index (χ3v) is 11.8. The van der Waals surface area contributed by atoms with Crippen LogP contribution in [0.4, 0.5) is 0 Å². The number of aliphatic carboxylic acids is 1. The minimum atomic E-state index is -1.42. The highest BCUT2D eigenvalue weighted by molar-refractivity contribution is 8.76. The summed E-state index contributed by atoms with van der Waals surface area (Å²) in [5, 5.41) is 25.9. The van der Waals surface area contributed by atoms with Crippen LogP contribution in [0.1, 0.15) is 43.7 Å². The number of hydrogen-bond donors (Lipinski definition) is 14. The van der Waals surface area contributed by atoms with Crippen molar-refractivity contribution >= 4 is 74.9 Å². The van der Waals surface area contributed by atoms with E-state index in [-0.39, 0.29) is 62.1 Å². The minimum Gasteiger partial charge on any atom is -0.480 e. The van der Waals surface area contributed by atoms with E-state index in [9.17, 15) is 38.7 Å². The van der Waals surface area contributed by atoms with Gasteiger partial charge in [0, 0.05) is 24.3 Å². The molecule has 0 bridgehead atoms. The smallest absolute Gasteiger partial charge is 0.338 e. The molecule has 7 atom stereocenters. The number of amides is 6. The summed E-state index contributed by atoms with van der Waals surface area (Å²) >= 11 is 0. The molecule has 3 rings (SSSR count). The van der Waals surface area contributed by atoms with Gasteiger partial charge in [-0.2, -0.15) is 0 Å². The lowest BCUT2D eigenvalue weighted by Gasteiger charge is -2.27. The Bertz CT molecular complexity index is 1890. The molecule has 6 amide bonds. The number of carbonyl (C=O) groups is 7. The van der Waals surface area contributed by atoms with E-state index in [4.69, 9.17) is 28.7 Å². The second-order valence-corrected chi connectivity index (χ2v) is 17.0. The second kappa shape index (κ2) is 26.3. The highest BCUT2D eigenvalue weighted by Gasteiger charge is 2.34. The van der Waals surface area contributed by atoms with Gasteiger partial charge in [0.15, 0.2) is 0 Å². The number of hydrogen-bond acceptors (Lipinski definition) is 10. The molecule has 21 nitrogen and oxygen atoms in total. The highest BCUT2D eigenvalue weighted by Crippen LogP contribution is 2.24. The monoisotopic (exact) mass is 901 g/mol. The summed E-state index contributed by atoms with van der Waals surface area (Å²) in [5.74, 6) is -6.13. The van der Waals surface area contributed by atoms with Crippen LogP contribution in [0.25, 0.3) is 0 Å². The van der Waals surface area contributed by atoms with Gasteiger partial charge in [0.25, 0.3) is 0 Å². The summed E-state index contributed by atoms with van der Waals surface area (Å²) in [5.41, 5.74) is 29.2. The first-order chi connectivity index (χ1) is 29.5. The quantitative estimate of drug-likeness (QED) is 0.0304. The van der Waals surface area contributed by atoms with Gasteiger partial charge < -0.3 is 42.7 Å². The van der Waals surface area contributed by atoms with Crippen LogP contribution < -0.4 is 70.6 Å². The molecule has 1 fully saturated rings. The number of carbonyl (C=O) groups excluding carboxylic acids is 6. The standard InChI is InChI=1S/C39H57N13O8S2/c1-22(47-32(54)25(40)14-8-16-45-38(41)42)31(53)51-29-20-61-62-21-30(37(59)60)52-35(57)28(19-24-12-6-3-7-13-24)50-34(56)27(18-23-10-4-2-5-11-23)49-33(55)26(48-36(29)58)15-9-17-46-39(43)44/h2-7,10-13,22,25-30H,8-9,14-21,40H2,1H3,(H,47,54)(H,48,58)(H,49,55)(H,50,56)(H,51,53)(H,52,57)(H,59,60)(H4,41,42,45)(H4,43,44,46)/p+2/t22-,25-,26-,27-,28-,29-,30-/m0/s1. The number of nitrogens with two attached hydrogens (primary N) is 5. The fourth-order valence-electron chi connectivity index (χ4n) is 5.97. The maximum absolute atomic E-state index is 14.2. The van der Waals surface area contributed by atoms with E-state index in [1.54, 1.807) is 60.7 Å². The average Bonchev–Trinajstić information content (AvgIpc) is 3.23. The number of benzene rings is 2. The molecule has 0 spiro atoms. The van der Waals surface area contributed by atoms with Crippen molar-refractivity contribution in [3.05, 3.63) is 71.8 Å². The Labute approximate surface area is 367 Å². The molecule has 0 aromatic heterocycles. The van der Waals surface area contributed by atoms with Crippen LogP contribution in [0.15, 0.2) is 60.7 Å². The molecule has 0 radical (unpaired) electrons. The van der Waals surface area contributed by atoms with Gasteiger partial charge in [0.05, 0.1) is 19.1 Å². The molecule has 1 heterocycles. The zero-order chi connectivity index (χ0) is 45.6. The SMILES string of the molecule is C[C@H](NC(=O)[C@@H](N)CCC[NH+]=C(N)N)C(=O)N[C@H]1CSSC[C@@H](C(=O)O)NC(=O)[C@H](Cc2ccccc2)NC(=O)[C@H](Cc2ccccc2)NC(=O)[C@H](CCC[NH+]=C(N)N)NC1=O. The molecule has 2 aromatic rings. The lowest BCUT2D eigenvalue weighted by Crippen LogP contribution is -2.78. The Morgan fingerprint density at radius 2 is 1.19 bits per heavy atom. The van der Waals surface area contributed by atoms with Crippen molar-refractivity contribution in [1.29, 1.82) is 0 Å². The second-order valence-electron chi connectivity index (χ2n) is 14.5. The third kappa shape index (κ3) is 18.3. The van der Waals surface area contributed by atoms with Gasteiger partial charge in [-0.25, -0.2) is 4.79 Å². The summed E-state index contributed by atoms with van der Waals surface area (Å²) in [4.78, 5) is 100. The molecular weight excluding hydrogens is 843 g/mol. The zero-order valence-corrected chi connectivity index (χ0v) is 36.0. The largest absolute Gasteiger partial charge is 0.480 e. The van der Waals surface area contributed by atoms with E-state index in [1.807, 2.05) is 0 Å². The maximum Gasteiger partial charge on any atom is 0.338 e. The molecule has 2 aromatic carbocycles. The summed E-state index contributed by atoms with van der Waals surface area (Å²) in [6.07, 6.45) is 0.959. The summed E-state index contributed by atoms with van der Waals surface area (Å²) in [6, 6.07) is 8.92. The first-order valence-corrected chi connectivity index (χ1v) is 22.4. The van der Waals surface area contributed by atoms with Crippen molar-refractivity contribution in [3.63, 3.8) is 0 Å². The molecule has 1 aliphatic heterocycles. The topological polar surface area (TPSA) is 370 Å². The minimum absolute atomic E-state index is 0.00149. The molecule has 1 saturated heterocycles. The number of carboxylic acid groups (broad SMARTS) is 1. The van der Waals surface area contributed by atoms with Crippen LogP contribution in [0.5, 0.6) is 0 Å². The van der Waals surface area contributed by atoms with Crippen molar-refractivity contribution in [2.75, 3.05) is 24.6 Å². The van der Waals surface area contributed by atoms with Crippen LogP contribution >= 0.6 is 21.6 Å². The lowest BCUT2D eigenvalue weighted by atomic mass is 10.0. The van der Waals surface area contributed by atoms with E-state index in [0.29, 0.717) is 24.1 Å². The molecule has 0 aliphatic carbocycles. The third-order valence-electron chi connectivity index (χ3n) is 9.37. The first-order valence-electron chi connectivity index (χ1n) is 19.9. The van der Waals surface area contributed by atoms with Gasteiger partial charge in [-0.3, -0.25) is 61.7 Å². The number of rotatable bonds is 17. The normalized spacial score (nSPS) is 21.2. The lowest BCUT2D eigenvalue weighted by molar-refractivity contribution is -0.460. The van der Waals surface area contributed by atoms with E-state index in [2.05, 4.69) is 41.9 Å². The fraction of sp³-hybridized carbons (Fsp3) is 0.462. The molecule has 0 unspecified atom stereocenters. The van der Waals surface area contributed by atoms with Gasteiger partial charge in [0.2, 0.25) is 35.4 Å².